The number of amides is 2. The highest BCUT2D eigenvalue weighted by Crippen LogP contribution is 2.24. The maximum Gasteiger partial charge on any atom is 0.246 e. The summed E-state index contributed by atoms with van der Waals surface area (Å²) in [7, 11) is 0. The highest BCUT2D eigenvalue weighted by Gasteiger charge is 2.25. The van der Waals surface area contributed by atoms with Crippen molar-refractivity contribution in [3.63, 3.8) is 0 Å². The maximum absolute atomic E-state index is 13.0. The van der Waals surface area contributed by atoms with Crippen LogP contribution in [0.15, 0.2) is 91.0 Å². The number of hydrogen-bond donors (Lipinski definition) is 2. The van der Waals surface area contributed by atoms with Crippen molar-refractivity contribution in [2.75, 3.05) is 5.32 Å². The monoisotopic (exact) mass is 358 g/mol. The van der Waals surface area contributed by atoms with E-state index in [0.717, 1.165) is 11.1 Å². The molecule has 3 rings (SSSR count). The molecule has 2 amide bonds. The number of carbonyl (C=O) groups excluding carboxylic acids is 2. The molecule has 27 heavy (non-hydrogen) atoms. The van der Waals surface area contributed by atoms with Crippen molar-refractivity contribution in [1.82, 2.24) is 5.32 Å². The molecule has 2 N–H and O–H groups in total. The zero-order valence-electron chi connectivity index (χ0n) is 15.1. The first-order valence-corrected chi connectivity index (χ1v) is 8.91. The quantitative estimate of drug-likeness (QED) is 0.701. The maximum atomic E-state index is 13.0. The van der Waals surface area contributed by atoms with Gasteiger partial charge >= 0.3 is 0 Å². The van der Waals surface area contributed by atoms with E-state index in [1.807, 2.05) is 91.0 Å². The van der Waals surface area contributed by atoms with Gasteiger partial charge in [-0.25, -0.2) is 0 Å². The fourth-order valence-electron chi connectivity index (χ4n) is 2.92. The third-order valence-electron chi connectivity index (χ3n) is 4.32. The van der Waals surface area contributed by atoms with Gasteiger partial charge in [0.05, 0.1) is 5.92 Å². The van der Waals surface area contributed by atoms with E-state index in [9.17, 15) is 9.59 Å². The number of para-hydroxylation sites is 1. The van der Waals surface area contributed by atoms with Crippen molar-refractivity contribution >= 4 is 17.5 Å². The summed E-state index contributed by atoms with van der Waals surface area (Å²) in [5, 5.41) is 5.66. The molecule has 0 saturated carbocycles. The predicted molar refractivity (Wildman–Crippen MR) is 107 cm³/mol. The minimum absolute atomic E-state index is 0.205. The highest BCUT2D eigenvalue weighted by molar-refractivity contribution is 5.98. The van der Waals surface area contributed by atoms with Crippen LogP contribution in [-0.4, -0.2) is 17.9 Å². The van der Waals surface area contributed by atoms with E-state index in [-0.39, 0.29) is 11.8 Å². The Hall–Kier alpha value is -3.40. The molecular weight excluding hydrogens is 336 g/mol. The van der Waals surface area contributed by atoms with E-state index in [2.05, 4.69) is 10.6 Å². The molecular formula is C23H22N2O2. The van der Waals surface area contributed by atoms with Crippen molar-refractivity contribution in [3.05, 3.63) is 102 Å². The van der Waals surface area contributed by atoms with Crippen molar-refractivity contribution in [2.24, 2.45) is 0 Å². The van der Waals surface area contributed by atoms with Crippen LogP contribution in [-0.2, 0) is 9.59 Å². The summed E-state index contributed by atoms with van der Waals surface area (Å²) in [4.78, 5) is 25.4. The van der Waals surface area contributed by atoms with Crippen LogP contribution in [0.5, 0.6) is 0 Å². The van der Waals surface area contributed by atoms with E-state index in [1.54, 1.807) is 6.92 Å². The minimum atomic E-state index is -0.660. The summed E-state index contributed by atoms with van der Waals surface area (Å²) >= 11 is 0. The molecule has 136 valence electrons. The summed E-state index contributed by atoms with van der Waals surface area (Å²) < 4.78 is 0. The number of carbonyl (C=O) groups is 2. The van der Waals surface area contributed by atoms with Crippen LogP contribution in [0.2, 0.25) is 0 Å². The van der Waals surface area contributed by atoms with E-state index >= 15 is 0 Å². The fourth-order valence-corrected chi connectivity index (χ4v) is 2.92. The molecule has 0 aliphatic carbocycles. The number of hydrogen-bond acceptors (Lipinski definition) is 2. The van der Waals surface area contributed by atoms with Gasteiger partial charge in [-0.05, 0) is 30.2 Å². The molecule has 0 heterocycles. The van der Waals surface area contributed by atoms with Crippen LogP contribution in [0.1, 0.15) is 24.0 Å². The van der Waals surface area contributed by atoms with Gasteiger partial charge in [0.1, 0.15) is 6.04 Å². The Morgan fingerprint density at radius 3 is 1.59 bits per heavy atom. The molecule has 1 atom stereocenters. The Bertz CT molecular complexity index is 841. The average Bonchev–Trinajstić information content (AvgIpc) is 2.70. The van der Waals surface area contributed by atoms with Crippen LogP contribution in [0.4, 0.5) is 5.69 Å². The lowest BCUT2D eigenvalue weighted by Gasteiger charge is -2.21. The van der Waals surface area contributed by atoms with Gasteiger partial charge in [-0.3, -0.25) is 9.59 Å². The Morgan fingerprint density at radius 1 is 0.667 bits per heavy atom. The molecule has 0 aliphatic rings. The van der Waals surface area contributed by atoms with E-state index in [4.69, 9.17) is 0 Å². The molecule has 4 nitrogen and oxygen atoms in total. The van der Waals surface area contributed by atoms with Gasteiger partial charge in [-0.1, -0.05) is 78.9 Å². The smallest absolute Gasteiger partial charge is 0.246 e. The van der Waals surface area contributed by atoms with Crippen LogP contribution < -0.4 is 10.6 Å². The van der Waals surface area contributed by atoms with Gasteiger partial charge in [0.25, 0.3) is 0 Å². The second-order valence-corrected chi connectivity index (χ2v) is 6.34. The van der Waals surface area contributed by atoms with Crippen LogP contribution >= 0.6 is 0 Å². The Labute approximate surface area is 159 Å². The first kappa shape index (κ1) is 18.4. The lowest BCUT2D eigenvalue weighted by atomic mass is 9.90. The largest absolute Gasteiger partial charge is 0.344 e. The normalized spacial score (nSPS) is 11.6. The zero-order chi connectivity index (χ0) is 19.1. The summed E-state index contributed by atoms with van der Waals surface area (Å²) in [6.07, 6.45) is 0. The first-order valence-electron chi connectivity index (χ1n) is 8.91. The van der Waals surface area contributed by atoms with Gasteiger partial charge in [0.2, 0.25) is 11.8 Å². The van der Waals surface area contributed by atoms with Crippen molar-refractivity contribution in [1.29, 1.82) is 0 Å². The topological polar surface area (TPSA) is 58.2 Å². The van der Waals surface area contributed by atoms with Gasteiger partial charge < -0.3 is 10.6 Å². The molecule has 0 radical (unpaired) electrons. The third-order valence-corrected chi connectivity index (χ3v) is 4.32. The molecule has 0 fully saturated rings. The van der Waals surface area contributed by atoms with Crippen LogP contribution in [0.3, 0.4) is 0 Å². The molecule has 4 heteroatoms. The second kappa shape index (κ2) is 8.81. The number of anilines is 1. The molecule has 3 aromatic carbocycles. The summed E-state index contributed by atoms with van der Waals surface area (Å²) in [6, 6.07) is 27.7. The Kier molecular flexibility index (Phi) is 6.00. The van der Waals surface area contributed by atoms with Crippen molar-refractivity contribution < 1.29 is 9.59 Å². The molecule has 0 aliphatic heterocycles. The summed E-state index contributed by atoms with van der Waals surface area (Å²) in [6.45, 7) is 1.68. The van der Waals surface area contributed by atoms with E-state index in [1.165, 1.54) is 0 Å². The molecule has 0 saturated heterocycles. The van der Waals surface area contributed by atoms with Gasteiger partial charge in [0, 0.05) is 5.69 Å². The number of nitrogens with one attached hydrogen (secondary N) is 2. The highest BCUT2D eigenvalue weighted by atomic mass is 16.2. The number of rotatable bonds is 6. The van der Waals surface area contributed by atoms with Gasteiger partial charge in [-0.2, -0.15) is 0 Å². The molecule has 3 aromatic rings. The minimum Gasteiger partial charge on any atom is -0.344 e. The summed E-state index contributed by atoms with van der Waals surface area (Å²) in [5.41, 5.74) is 2.47. The SMILES string of the molecule is C[C@H](NC(=O)C(c1ccccc1)c1ccccc1)C(=O)Nc1ccccc1. The van der Waals surface area contributed by atoms with Crippen LogP contribution in [0.25, 0.3) is 0 Å². The van der Waals surface area contributed by atoms with E-state index in [0.29, 0.717) is 5.69 Å². The van der Waals surface area contributed by atoms with E-state index < -0.39 is 12.0 Å². The zero-order valence-corrected chi connectivity index (χ0v) is 15.1. The molecule has 0 unspecified atom stereocenters. The van der Waals surface area contributed by atoms with Gasteiger partial charge in [0.15, 0.2) is 0 Å². The first-order chi connectivity index (χ1) is 13.1. The standard InChI is InChI=1S/C23H22N2O2/c1-17(22(26)25-20-15-9-4-10-16-20)24-23(27)21(18-11-5-2-6-12-18)19-13-7-3-8-14-19/h2-17,21H,1H3,(H,24,27)(H,25,26)/t17-/m0/s1. The molecule has 0 aromatic heterocycles. The predicted octanol–water partition coefficient (Wildman–Crippen LogP) is 3.96. The lowest BCUT2D eigenvalue weighted by Crippen LogP contribution is -2.43. The number of benzene rings is 3. The third kappa shape index (κ3) is 4.82. The fraction of sp³-hybridized carbons (Fsp3) is 0.130. The van der Waals surface area contributed by atoms with Crippen LogP contribution in [0, 0.1) is 0 Å². The molecule has 0 bridgehead atoms. The summed E-state index contributed by atoms with van der Waals surface area (Å²) in [5.74, 6) is -0.933. The second-order valence-electron chi connectivity index (χ2n) is 6.34. The Morgan fingerprint density at radius 2 is 1.11 bits per heavy atom. The Balaban J connectivity index is 1.75. The van der Waals surface area contributed by atoms with Crippen molar-refractivity contribution in [2.45, 2.75) is 18.9 Å². The van der Waals surface area contributed by atoms with Crippen molar-refractivity contribution in [3.8, 4) is 0 Å². The molecule has 0 spiro atoms. The van der Waals surface area contributed by atoms with Gasteiger partial charge in [-0.15, -0.1) is 0 Å². The average molecular weight is 358 g/mol. The lowest BCUT2D eigenvalue weighted by molar-refractivity contribution is -0.126.